The lowest BCUT2D eigenvalue weighted by Crippen LogP contribution is -2.50. The Hall–Kier alpha value is -4.20. The zero-order valence-corrected chi connectivity index (χ0v) is 20.9. The number of nitrogens with zero attached hydrogens (tertiary/aromatic N) is 3. The molecule has 3 rings (SSSR count). The van der Waals surface area contributed by atoms with Crippen molar-refractivity contribution in [2.24, 2.45) is 5.92 Å². The van der Waals surface area contributed by atoms with Crippen molar-refractivity contribution in [1.29, 1.82) is 10.5 Å². The molecule has 1 aliphatic rings. The maximum Gasteiger partial charge on any atom is 0.416 e. The van der Waals surface area contributed by atoms with E-state index >= 15 is 0 Å². The number of benzene rings is 2. The molecule has 1 N–H and O–H groups in total. The number of allylic oxidation sites excluding steroid dienone is 2. The number of nitriles is 2. The van der Waals surface area contributed by atoms with Gasteiger partial charge in [0.15, 0.2) is 0 Å². The first-order chi connectivity index (χ1) is 17.8. The number of amides is 2. The molecular formula is C25H21F3N4O5S. The summed E-state index contributed by atoms with van der Waals surface area (Å²) in [6.45, 7) is 0.662. The van der Waals surface area contributed by atoms with Crippen LogP contribution in [-0.2, 0) is 30.1 Å². The SMILES string of the molecule is CC1=C(C#N)C(c2ccc(C#N)cc2)C(C(=O)NCCOS(C)(=O)=O)C(=O)N1c1cccc(C(F)(F)F)c1. The zero-order valence-electron chi connectivity index (χ0n) is 20.1. The lowest BCUT2D eigenvalue weighted by atomic mass is 9.75. The first-order valence-corrected chi connectivity index (χ1v) is 12.8. The summed E-state index contributed by atoms with van der Waals surface area (Å²) in [5.74, 6) is -4.51. The number of anilines is 1. The van der Waals surface area contributed by atoms with Crippen LogP contribution in [0.15, 0.2) is 59.8 Å². The Balaban J connectivity index is 2.12. The topological polar surface area (TPSA) is 140 Å². The van der Waals surface area contributed by atoms with Gasteiger partial charge in [0.2, 0.25) is 11.8 Å². The van der Waals surface area contributed by atoms with Gasteiger partial charge in [0.1, 0.15) is 5.92 Å². The van der Waals surface area contributed by atoms with E-state index in [0.29, 0.717) is 11.1 Å². The molecule has 38 heavy (non-hydrogen) atoms. The largest absolute Gasteiger partial charge is 0.416 e. The van der Waals surface area contributed by atoms with E-state index in [2.05, 4.69) is 9.50 Å². The van der Waals surface area contributed by atoms with Gasteiger partial charge in [-0.2, -0.15) is 32.1 Å². The van der Waals surface area contributed by atoms with Crippen LogP contribution in [0.5, 0.6) is 0 Å². The van der Waals surface area contributed by atoms with Gasteiger partial charge in [0.25, 0.3) is 10.1 Å². The van der Waals surface area contributed by atoms with Crippen LogP contribution in [0.2, 0.25) is 0 Å². The summed E-state index contributed by atoms with van der Waals surface area (Å²) in [5, 5.41) is 21.5. The second-order valence-electron chi connectivity index (χ2n) is 8.34. The molecule has 2 amide bonds. The fraction of sp³-hybridized carbons (Fsp3) is 0.280. The van der Waals surface area contributed by atoms with Crippen LogP contribution in [0.25, 0.3) is 0 Å². The van der Waals surface area contributed by atoms with Gasteiger partial charge < -0.3 is 5.32 Å². The van der Waals surface area contributed by atoms with E-state index in [-0.39, 0.29) is 23.5 Å². The highest BCUT2D eigenvalue weighted by molar-refractivity contribution is 7.85. The van der Waals surface area contributed by atoms with E-state index in [1.54, 1.807) is 0 Å². The molecule has 2 aromatic carbocycles. The summed E-state index contributed by atoms with van der Waals surface area (Å²) < 4.78 is 67.1. The standard InChI is InChI=1S/C25H21F3N4O5S/c1-15-20(14-30)21(17-8-6-16(13-29)7-9-17)22(23(33)31-10-11-37-38(2,35)36)24(34)32(15)19-5-3-4-18(12-19)25(26,27)28/h3-9,12,21-22H,10-11H2,1-2H3,(H,31,33). The summed E-state index contributed by atoms with van der Waals surface area (Å²) in [5.41, 5.74) is -0.576. The van der Waals surface area contributed by atoms with Crippen LogP contribution in [0.3, 0.4) is 0 Å². The molecule has 2 atom stereocenters. The number of nitrogens with one attached hydrogen (secondary N) is 1. The molecular weight excluding hydrogens is 525 g/mol. The number of hydrogen-bond donors (Lipinski definition) is 1. The van der Waals surface area contributed by atoms with E-state index in [4.69, 9.17) is 5.26 Å². The Labute approximate surface area is 216 Å². The molecule has 0 radical (unpaired) electrons. The van der Waals surface area contributed by atoms with E-state index in [0.717, 1.165) is 29.4 Å². The quantitative estimate of drug-likeness (QED) is 0.319. The molecule has 0 aromatic heterocycles. The molecule has 13 heteroatoms. The maximum absolute atomic E-state index is 13.8. The summed E-state index contributed by atoms with van der Waals surface area (Å²) in [6, 6.07) is 13.7. The maximum atomic E-state index is 13.8. The van der Waals surface area contributed by atoms with Crippen LogP contribution in [0.1, 0.15) is 29.5 Å². The number of hydrogen-bond acceptors (Lipinski definition) is 7. The van der Waals surface area contributed by atoms with Gasteiger partial charge in [-0.3, -0.25) is 18.7 Å². The lowest BCUT2D eigenvalue weighted by molar-refractivity contribution is -0.138. The van der Waals surface area contributed by atoms with E-state index in [9.17, 15) is 36.4 Å². The van der Waals surface area contributed by atoms with Gasteiger partial charge in [-0.05, 0) is 42.8 Å². The van der Waals surface area contributed by atoms with E-state index < -0.39 is 52.1 Å². The molecule has 0 aliphatic carbocycles. The van der Waals surface area contributed by atoms with Crippen molar-refractivity contribution in [2.45, 2.75) is 19.0 Å². The molecule has 0 spiro atoms. The van der Waals surface area contributed by atoms with E-state index in [1.165, 1.54) is 37.3 Å². The summed E-state index contributed by atoms with van der Waals surface area (Å²) >= 11 is 0. The number of alkyl halides is 3. The molecule has 198 valence electrons. The number of halogens is 3. The summed E-state index contributed by atoms with van der Waals surface area (Å²) in [4.78, 5) is 27.9. The van der Waals surface area contributed by atoms with E-state index in [1.807, 2.05) is 12.1 Å². The van der Waals surface area contributed by atoms with Gasteiger partial charge in [-0.25, -0.2) is 0 Å². The van der Waals surface area contributed by atoms with Crippen molar-refractivity contribution in [3.8, 4) is 12.1 Å². The van der Waals surface area contributed by atoms with Gasteiger partial charge in [-0.15, -0.1) is 0 Å². The third-order valence-corrected chi connectivity index (χ3v) is 6.38. The van der Waals surface area contributed by atoms with Gasteiger partial charge in [-0.1, -0.05) is 18.2 Å². The van der Waals surface area contributed by atoms with Crippen LogP contribution in [0, 0.1) is 28.6 Å². The Bertz CT molecular complexity index is 1470. The Morgan fingerprint density at radius 3 is 2.34 bits per heavy atom. The molecule has 0 fully saturated rings. The minimum Gasteiger partial charge on any atom is -0.353 e. The van der Waals surface area contributed by atoms with Crippen LogP contribution in [0.4, 0.5) is 18.9 Å². The van der Waals surface area contributed by atoms with Crippen LogP contribution in [-0.4, -0.2) is 39.6 Å². The minimum absolute atomic E-state index is 0.0376. The van der Waals surface area contributed by atoms with Crippen molar-refractivity contribution >= 4 is 27.6 Å². The highest BCUT2D eigenvalue weighted by Gasteiger charge is 2.46. The van der Waals surface area contributed by atoms with Crippen LogP contribution < -0.4 is 10.2 Å². The summed E-state index contributed by atoms with van der Waals surface area (Å²) in [6.07, 6.45) is -3.88. The molecule has 9 nitrogen and oxygen atoms in total. The number of rotatable bonds is 7. The van der Waals surface area contributed by atoms with Gasteiger partial charge in [0.05, 0.1) is 41.7 Å². The molecule has 0 bridgehead atoms. The minimum atomic E-state index is -4.70. The molecule has 1 aliphatic heterocycles. The molecule has 1 heterocycles. The van der Waals surface area contributed by atoms with Gasteiger partial charge in [0, 0.05) is 23.8 Å². The Morgan fingerprint density at radius 2 is 1.79 bits per heavy atom. The van der Waals surface area contributed by atoms with Crippen molar-refractivity contribution in [2.75, 3.05) is 24.3 Å². The smallest absolute Gasteiger partial charge is 0.353 e. The third kappa shape index (κ3) is 6.19. The zero-order chi connectivity index (χ0) is 28.3. The predicted octanol–water partition coefficient (Wildman–Crippen LogP) is 3.21. The Kier molecular flexibility index (Phi) is 8.25. The normalized spacial score (nSPS) is 18.1. The summed E-state index contributed by atoms with van der Waals surface area (Å²) in [7, 11) is -3.79. The van der Waals surface area contributed by atoms with Crippen molar-refractivity contribution < 1.29 is 35.4 Å². The number of carbonyl (C=O) groups excluding carboxylic acids is 2. The predicted molar refractivity (Wildman–Crippen MR) is 128 cm³/mol. The lowest BCUT2D eigenvalue weighted by Gasteiger charge is -2.38. The first kappa shape index (κ1) is 28.4. The van der Waals surface area contributed by atoms with Crippen molar-refractivity contribution in [1.82, 2.24) is 5.32 Å². The van der Waals surface area contributed by atoms with Gasteiger partial charge >= 0.3 is 6.18 Å². The fourth-order valence-corrected chi connectivity index (χ4v) is 4.50. The second-order valence-corrected chi connectivity index (χ2v) is 9.98. The molecule has 2 aromatic rings. The third-order valence-electron chi connectivity index (χ3n) is 5.79. The van der Waals surface area contributed by atoms with Crippen molar-refractivity contribution in [3.05, 3.63) is 76.5 Å². The second kappa shape index (κ2) is 11.0. The molecule has 2 unspecified atom stereocenters. The average Bonchev–Trinajstić information content (AvgIpc) is 2.85. The van der Waals surface area contributed by atoms with Crippen LogP contribution >= 0.6 is 0 Å². The fourth-order valence-electron chi connectivity index (χ4n) is 4.12. The highest BCUT2D eigenvalue weighted by atomic mass is 32.2. The monoisotopic (exact) mass is 546 g/mol. The average molecular weight is 547 g/mol. The molecule has 0 saturated heterocycles. The Morgan fingerprint density at radius 1 is 1.13 bits per heavy atom. The van der Waals surface area contributed by atoms with Crippen molar-refractivity contribution in [3.63, 3.8) is 0 Å². The number of carbonyl (C=O) groups is 2. The molecule has 0 saturated carbocycles. The first-order valence-electron chi connectivity index (χ1n) is 11.0. The highest BCUT2D eigenvalue weighted by Crippen LogP contribution is 2.43.